The van der Waals surface area contributed by atoms with Crippen LogP contribution in [-0.4, -0.2) is 5.11 Å². The molecule has 1 nitrogen and oxygen atoms in total. The lowest BCUT2D eigenvalue weighted by Crippen LogP contribution is -2.34. The van der Waals surface area contributed by atoms with Crippen molar-refractivity contribution >= 4 is 0 Å². The predicted molar refractivity (Wildman–Crippen MR) is 71.8 cm³/mol. The molecule has 17 heavy (non-hydrogen) atoms. The minimum absolute atomic E-state index is 0.424. The highest BCUT2D eigenvalue weighted by atomic mass is 16.3. The maximum Gasteiger partial charge on any atom is 0.0896 e. The summed E-state index contributed by atoms with van der Waals surface area (Å²) in [6.07, 6.45) is 6.19. The topological polar surface area (TPSA) is 20.2 Å². The van der Waals surface area contributed by atoms with Gasteiger partial charge in [0, 0.05) is 0 Å². The molecule has 1 unspecified atom stereocenters. The van der Waals surface area contributed by atoms with Crippen LogP contribution in [-0.2, 0) is 5.60 Å². The minimum atomic E-state index is -0.653. The van der Waals surface area contributed by atoms with E-state index >= 15 is 0 Å². The van der Waals surface area contributed by atoms with E-state index in [0.29, 0.717) is 5.92 Å². The first-order valence-electron chi connectivity index (χ1n) is 6.92. The second kappa shape index (κ2) is 5.22. The number of hydrogen-bond donors (Lipinski definition) is 1. The van der Waals surface area contributed by atoms with E-state index in [9.17, 15) is 5.11 Å². The summed E-state index contributed by atoms with van der Waals surface area (Å²) >= 11 is 0. The van der Waals surface area contributed by atoms with Crippen molar-refractivity contribution in [2.24, 2.45) is 11.8 Å². The van der Waals surface area contributed by atoms with E-state index in [2.05, 4.69) is 6.92 Å². The molecule has 1 aromatic carbocycles. The predicted octanol–water partition coefficient (Wildman–Crippen LogP) is 4.11. The van der Waals surface area contributed by atoms with Gasteiger partial charge in [-0.15, -0.1) is 0 Å². The molecule has 2 rings (SSSR count). The number of benzene rings is 1. The summed E-state index contributed by atoms with van der Waals surface area (Å²) < 4.78 is 0. The highest BCUT2D eigenvalue weighted by molar-refractivity contribution is 5.22. The number of hydrogen-bond acceptors (Lipinski definition) is 1. The third-order valence-electron chi connectivity index (χ3n) is 4.58. The number of rotatable bonds is 3. The molecule has 0 radical (unpaired) electrons. The zero-order valence-electron chi connectivity index (χ0n) is 11.0. The summed E-state index contributed by atoms with van der Waals surface area (Å²) in [7, 11) is 0. The first-order chi connectivity index (χ1) is 8.14. The van der Waals surface area contributed by atoms with Crippen LogP contribution in [0.3, 0.4) is 0 Å². The van der Waals surface area contributed by atoms with Crippen LogP contribution < -0.4 is 0 Å². The van der Waals surface area contributed by atoms with Crippen LogP contribution in [0.25, 0.3) is 0 Å². The van der Waals surface area contributed by atoms with Crippen molar-refractivity contribution in [2.75, 3.05) is 0 Å². The van der Waals surface area contributed by atoms with Gasteiger partial charge in [-0.1, -0.05) is 56.5 Å². The van der Waals surface area contributed by atoms with E-state index in [1.54, 1.807) is 0 Å². The molecule has 1 aromatic rings. The fourth-order valence-electron chi connectivity index (χ4n) is 3.14. The van der Waals surface area contributed by atoms with Crippen molar-refractivity contribution in [2.45, 2.75) is 51.6 Å². The highest BCUT2D eigenvalue weighted by Gasteiger charge is 2.35. The Morgan fingerprint density at radius 1 is 1.12 bits per heavy atom. The molecule has 0 heterocycles. The van der Waals surface area contributed by atoms with Crippen LogP contribution in [0.1, 0.15) is 51.5 Å². The molecule has 0 bridgehead atoms. The Kier molecular flexibility index (Phi) is 3.88. The van der Waals surface area contributed by atoms with E-state index in [1.165, 1.54) is 32.1 Å². The molecule has 1 N–H and O–H groups in total. The smallest absolute Gasteiger partial charge is 0.0896 e. The van der Waals surface area contributed by atoms with Crippen LogP contribution in [0.5, 0.6) is 0 Å². The maximum absolute atomic E-state index is 10.8. The third-order valence-corrected chi connectivity index (χ3v) is 4.58. The second-order valence-corrected chi connectivity index (χ2v) is 5.64. The van der Waals surface area contributed by atoms with Crippen LogP contribution >= 0.6 is 0 Å². The summed E-state index contributed by atoms with van der Waals surface area (Å²) in [6.45, 7) is 4.26. The maximum atomic E-state index is 10.8. The molecule has 1 heteroatoms. The standard InChI is InChI=1S/C16H24O/c1-3-13-9-11-15(12-10-13)16(2,17)14-7-5-4-6-8-14/h4-8,13,15,17H,3,9-12H2,1-2H3. The van der Waals surface area contributed by atoms with Gasteiger partial charge >= 0.3 is 0 Å². The zero-order chi connectivity index (χ0) is 12.3. The molecule has 1 fully saturated rings. The van der Waals surface area contributed by atoms with Gasteiger partial charge in [0.25, 0.3) is 0 Å². The van der Waals surface area contributed by atoms with E-state index < -0.39 is 5.60 Å². The van der Waals surface area contributed by atoms with Gasteiger partial charge in [0.2, 0.25) is 0 Å². The lowest BCUT2D eigenvalue weighted by atomic mass is 9.71. The summed E-state index contributed by atoms with van der Waals surface area (Å²) in [5.74, 6) is 1.31. The Morgan fingerprint density at radius 2 is 1.71 bits per heavy atom. The summed E-state index contributed by atoms with van der Waals surface area (Å²) in [6, 6.07) is 10.1. The van der Waals surface area contributed by atoms with Crippen molar-refractivity contribution in [1.82, 2.24) is 0 Å². The lowest BCUT2D eigenvalue weighted by Gasteiger charge is -2.38. The third kappa shape index (κ3) is 2.71. The first kappa shape index (κ1) is 12.6. The fourth-order valence-corrected chi connectivity index (χ4v) is 3.14. The van der Waals surface area contributed by atoms with Gasteiger partial charge in [-0.3, -0.25) is 0 Å². The molecule has 1 aliphatic carbocycles. The quantitative estimate of drug-likeness (QED) is 0.831. The van der Waals surface area contributed by atoms with Gasteiger partial charge in [-0.2, -0.15) is 0 Å². The van der Waals surface area contributed by atoms with Crippen LogP contribution in [0, 0.1) is 11.8 Å². The molecule has 0 aromatic heterocycles. The first-order valence-corrected chi connectivity index (χ1v) is 6.92. The van der Waals surface area contributed by atoms with Gasteiger partial charge in [-0.05, 0) is 37.2 Å². The molecule has 0 amide bonds. The van der Waals surface area contributed by atoms with Crippen molar-refractivity contribution < 1.29 is 5.11 Å². The Balaban J connectivity index is 2.07. The van der Waals surface area contributed by atoms with Gasteiger partial charge in [0.15, 0.2) is 0 Å². The van der Waals surface area contributed by atoms with Gasteiger partial charge < -0.3 is 5.11 Å². The molecule has 0 saturated heterocycles. The van der Waals surface area contributed by atoms with Gasteiger partial charge in [-0.25, -0.2) is 0 Å². The molecule has 1 atom stereocenters. The zero-order valence-corrected chi connectivity index (χ0v) is 11.0. The van der Waals surface area contributed by atoms with E-state index in [4.69, 9.17) is 0 Å². The number of aliphatic hydroxyl groups is 1. The molecule has 1 saturated carbocycles. The monoisotopic (exact) mass is 232 g/mol. The average Bonchev–Trinajstić information content (AvgIpc) is 2.40. The lowest BCUT2D eigenvalue weighted by molar-refractivity contribution is -0.0276. The molecule has 0 aliphatic heterocycles. The van der Waals surface area contributed by atoms with Crippen molar-refractivity contribution in [3.8, 4) is 0 Å². The summed E-state index contributed by atoms with van der Waals surface area (Å²) in [4.78, 5) is 0. The van der Waals surface area contributed by atoms with Crippen LogP contribution in [0.2, 0.25) is 0 Å². The largest absolute Gasteiger partial charge is 0.385 e. The molecular weight excluding hydrogens is 208 g/mol. The van der Waals surface area contributed by atoms with Crippen molar-refractivity contribution in [3.05, 3.63) is 35.9 Å². The normalized spacial score (nSPS) is 28.6. The summed E-state index contributed by atoms with van der Waals surface area (Å²) in [5.41, 5.74) is 0.417. The summed E-state index contributed by atoms with van der Waals surface area (Å²) in [5, 5.41) is 10.8. The average molecular weight is 232 g/mol. The Hall–Kier alpha value is -0.820. The Labute approximate surface area is 105 Å². The minimum Gasteiger partial charge on any atom is -0.385 e. The fraction of sp³-hybridized carbons (Fsp3) is 0.625. The molecule has 1 aliphatic rings. The van der Waals surface area contributed by atoms with Crippen molar-refractivity contribution in [1.29, 1.82) is 0 Å². The SMILES string of the molecule is CCC1CCC(C(C)(O)c2ccccc2)CC1. The van der Waals surface area contributed by atoms with Crippen LogP contribution in [0.15, 0.2) is 30.3 Å². The molecular formula is C16H24O. The van der Waals surface area contributed by atoms with Gasteiger partial charge in [0.05, 0.1) is 5.60 Å². The Morgan fingerprint density at radius 3 is 2.24 bits per heavy atom. The van der Waals surface area contributed by atoms with Gasteiger partial charge in [0.1, 0.15) is 0 Å². The van der Waals surface area contributed by atoms with E-state index in [1.807, 2.05) is 37.3 Å². The van der Waals surface area contributed by atoms with Crippen LogP contribution in [0.4, 0.5) is 0 Å². The molecule has 94 valence electrons. The Bertz CT molecular complexity index is 334. The highest BCUT2D eigenvalue weighted by Crippen LogP contribution is 2.41. The van der Waals surface area contributed by atoms with E-state index in [-0.39, 0.29) is 0 Å². The molecule has 0 spiro atoms. The van der Waals surface area contributed by atoms with Crippen molar-refractivity contribution in [3.63, 3.8) is 0 Å². The van der Waals surface area contributed by atoms with E-state index in [0.717, 1.165) is 11.5 Å². The second-order valence-electron chi connectivity index (χ2n) is 5.64.